The first kappa shape index (κ1) is 10.4. The average Bonchev–Trinajstić information content (AvgIpc) is 3.03. The quantitative estimate of drug-likeness (QED) is 0.729. The van der Waals surface area contributed by atoms with Crippen molar-refractivity contribution in [2.45, 2.75) is 45.1 Å². The molecular weight excluding hydrogens is 174 g/mol. The van der Waals surface area contributed by atoms with Gasteiger partial charge in [0.15, 0.2) is 0 Å². The first-order chi connectivity index (χ1) is 6.90. The lowest BCUT2D eigenvalue weighted by Gasteiger charge is -2.31. The van der Waals surface area contributed by atoms with Crippen molar-refractivity contribution in [1.82, 2.24) is 5.32 Å². The molecule has 0 radical (unpaired) electrons. The van der Waals surface area contributed by atoms with Crippen LogP contribution in [0.3, 0.4) is 0 Å². The molecule has 1 saturated carbocycles. The zero-order chi connectivity index (χ0) is 9.80. The standard InChI is InChI=1S/C12H23NO/c1-2-13-12(9-10-3-4-10)11-5-7-14-8-6-11/h10-13H,2-9H2,1H3. The van der Waals surface area contributed by atoms with Gasteiger partial charge in [0.25, 0.3) is 0 Å². The van der Waals surface area contributed by atoms with Crippen LogP contribution in [-0.2, 0) is 4.74 Å². The molecule has 2 aliphatic rings. The lowest BCUT2D eigenvalue weighted by atomic mass is 9.88. The number of rotatable bonds is 5. The van der Waals surface area contributed by atoms with Gasteiger partial charge in [0, 0.05) is 19.3 Å². The molecule has 1 aliphatic carbocycles. The van der Waals surface area contributed by atoms with Crippen molar-refractivity contribution in [3.8, 4) is 0 Å². The molecule has 2 fully saturated rings. The minimum atomic E-state index is 0.774. The van der Waals surface area contributed by atoms with Gasteiger partial charge >= 0.3 is 0 Å². The van der Waals surface area contributed by atoms with Crippen LogP contribution in [0, 0.1) is 11.8 Å². The van der Waals surface area contributed by atoms with Crippen molar-refractivity contribution >= 4 is 0 Å². The Balaban J connectivity index is 1.79. The molecule has 1 unspecified atom stereocenters. The largest absolute Gasteiger partial charge is 0.381 e. The van der Waals surface area contributed by atoms with Crippen LogP contribution in [0.25, 0.3) is 0 Å². The Kier molecular flexibility index (Phi) is 3.82. The summed E-state index contributed by atoms with van der Waals surface area (Å²) in [6, 6.07) is 0.774. The molecule has 0 aromatic heterocycles. The minimum absolute atomic E-state index is 0.774. The van der Waals surface area contributed by atoms with E-state index < -0.39 is 0 Å². The molecule has 1 saturated heterocycles. The maximum atomic E-state index is 5.42. The van der Waals surface area contributed by atoms with E-state index >= 15 is 0 Å². The maximum absolute atomic E-state index is 5.42. The second-order valence-corrected chi connectivity index (χ2v) is 4.79. The Hall–Kier alpha value is -0.0800. The molecule has 2 rings (SSSR count). The summed E-state index contributed by atoms with van der Waals surface area (Å²) in [4.78, 5) is 0. The van der Waals surface area contributed by atoms with Crippen molar-refractivity contribution in [3.05, 3.63) is 0 Å². The molecule has 1 N–H and O–H groups in total. The molecule has 1 heterocycles. The lowest BCUT2D eigenvalue weighted by Crippen LogP contribution is -2.39. The van der Waals surface area contributed by atoms with E-state index in [1.807, 2.05) is 0 Å². The summed E-state index contributed by atoms with van der Waals surface area (Å²) in [5.74, 6) is 1.92. The van der Waals surface area contributed by atoms with E-state index in [4.69, 9.17) is 4.74 Å². The number of hydrogen-bond donors (Lipinski definition) is 1. The van der Waals surface area contributed by atoms with Gasteiger partial charge in [-0.25, -0.2) is 0 Å². The summed E-state index contributed by atoms with van der Waals surface area (Å²) in [5, 5.41) is 3.67. The maximum Gasteiger partial charge on any atom is 0.0469 e. The second kappa shape index (κ2) is 5.13. The molecule has 0 aromatic rings. The van der Waals surface area contributed by atoms with Crippen molar-refractivity contribution in [1.29, 1.82) is 0 Å². The van der Waals surface area contributed by atoms with Gasteiger partial charge in [-0.15, -0.1) is 0 Å². The van der Waals surface area contributed by atoms with Crippen molar-refractivity contribution in [3.63, 3.8) is 0 Å². The second-order valence-electron chi connectivity index (χ2n) is 4.79. The molecule has 1 aliphatic heterocycles. The molecule has 82 valence electrons. The van der Waals surface area contributed by atoms with Crippen molar-refractivity contribution in [2.24, 2.45) is 11.8 Å². The zero-order valence-corrected chi connectivity index (χ0v) is 9.30. The molecule has 0 amide bonds. The first-order valence-corrected chi connectivity index (χ1v) is 6.21. The van der Waals surface area contributed by atoms with Gasteiger partial charge in [-0.1, -0.05) is 19.8 Å². The zero-order valence-electron chi connectivity index (χ0n) is 9.30. The van der Waals surface area contributed by atoms with Crippen LogP contribution in [0.1, 0.15) is 39.0 Å². The molecule has 0 aromatic carbocycles. The smallest absolute Gasteiger partial charge is 0.0469 e. The van der Waals surface area contributed by atoms with Crippen LogP contribution in [-0.4, -0.2) is 25.8 Å². The Labute approximate surface area is 87.4 Å². The highest BCUT2D eigenvalue weighted by Gasteiger charge is 2.30. The van der Waals surface area contributed by atoms with Gasteiger partial charge < -0.3 is 10.1 Å². The molecule has 1 atom stereocenters. The molecular formula is C12H23NO. The third-order valence-corrected chi connectivity index (χ3v) is 3.59. The van der Waals surface area contributed by atoms with E-state index in [0.717, 1.165) is 37.6 Å². The SMILES string of the molecule is CCNC(CC1CC1)C1CCOCC1. The highest BCUT2D eigenvalue weighted by atomic mass is 16.5. The Morgan fingerprint density at radius 1 is 1.21 bits per heavy atom. The summed E-state index contributed by atoms with van der Waals surface area (Å²) in [5.41, 5.74) is 0. The first-order valence-electron chi connectivity index (χ1n) is 6.21. The average molecular weight is 197 g/mol. The van der Waals surface area contributed by atoms with Gasteiger partial charge in [0.1, 0.15) is 0 Å². The monoisotopic (exact) mass is 197 g/mol. The predicted octanol–water partition coefficient (Wildman–Crippen LogP) is 2.19. The van der Waals surface area contributed by atoms with E-state index in [2.05, 4.69) is 12.2 Å². The third kappa shape index (κ3) is 2.96. The lowest BCUT2D eigenvalue weighted by molar-refractivity contribution is 0.0520. The normalized spacial score (nSPS) is 26.4. The van der Waals surface area contributed by atoms with Gasteiger partial charge in [0.05, 0.1) is 0 Å². The topological polar surface area (TPSA) is 21.3 Å². The summed E-state index contributed by atoms with van der Waals surface area (Å²) in [6.07, 6.45) is 6.91. The molecule has 2 nitrogen and oxygen atoms in total. The number of ether oxygens (including phenoxy) is 1. The molecule has 2 heteroatoms. The van der Waals surface area contributed by atoms with Gasteiger partial charge in [0.2, 0.25) is 0 Å². The number of nitrogens with one attached hydrogen (secondary N) is 1. The van der Waals surface area contributed by atoms with E-state index in [1.54, 1.807) is 0 Å². The molecule has 0 spiro atoms. The Morgan fingerprint density at radius 2 is 1.93 bits per heavy atom. The van der Waals surface area contributed by atoms with Crippen LogP contribution in [0.4, 0.5) is 0 Å². The summed E-state index contributed by atoms with van der Waals surface area (Å²) in [7, 11) is 0. The third-order valence-electron chi connectivity index (χ3n) is 3.59. The van der Waals surface area contributed by atoms with Crippen LogP contribution >= 0.6 is 0 Å². The number of hydrogen-bond acceptors (Lipinski definition) is 2. The van der Waals surface area contributed by atoms with E-state index in [-0.39, 0.29) is 0 Å². The van der Waals surface area contributed by atoms with E-state index in [0.29, 0.717) is 0 Å². The van der Waals surface area contributed by atoms with Crippen LogP contribution < -0.4 is 5.32 Å². The Bertz CT molecular complexity index is 162. The summed E-state index contributed by atoms with van der Waals surface area (Å²) < 4.78 is 5.42. The van der Waals surface area contributed by atoms with E-state index in [9.17, 15) is 0 Å². The fraction of sp³-hybridized carbons (Fsp3) is 1.00. The highest BCUT2D eigenvalue weighted by Crippen LogP contribution is 2.36. The van der Waals surface area contributed by atoms with Crippen LogP contribution in [0.15, 0.2) is 0 Å². The predicted molar refractivity (Wildman–Crippen MR) is 58.3 cm³/mol. The minimum Gasteiger partial charge on any atom is -0.381 e. The fourth-order valence-electron chi connectivity index (χ4n) is 2.54. The van der Waals surface area contributed by atoms with Gasteiger partial charge in [-0.2, -0.15) is 0 Å². The van der Waals surface area contributed by atoms with Gasteiger partial charge in [-0.3, -0.25) is 0 Å². The molecule has 0 bridgehead atoms. The van der Waals surface area contributed by atoms with Gasteiger partial charge in [-0.05, 0) is 37.6 Å². The summed E-state index contributed by atoms with van der Waals surface area (Å²) >= 11 is 0. The van der Waals surface area contributed by atoms with Crippen LogP contribution in [0.2, 0.25) is 0 Å². The fourth-order valence-corrected chi connectivity index (χ4v) is 2.54. The Morgan fingerprint density at radius 3 is 2.50 bits per heavy atom. The highest BCUT2D eigenvalue weighted by molar-refractivity contribution is 4.85. The summed E-state index contributed by atoms with van der Waals surface area (Å²) in [6.45, 7) is 5.31. The van der Waals surface area contributed by atoms with Crippen molar-refractivity contribution in [2.75, 3.05) is 19.8 Å². The van der Waals surface area contributed by atoms with Crippen LogP contribution in [0.5, 0.6) is 0 Å². The van der Waals surface area contributed by atoms with Crippen molar-refractivity contribution < 1.29 is 4.74 Å². The van der Waals surface area contributed by atoms with E-state index in [1.165, 1.54) is 32.1 Å². The molecule has 14 heavy (non-hydrogen) atoms.